The third-order valence-corrected chi connectivity index (χ3v) is 3.71. The third-order valence-electron chi connectivity index (χ3n) is 2.75. The van der Waals surface area contributed by atoms with E-state index in [1.165, 1.54) is 12.2 Å². The second kappa shape index (κ2) is 6.50. The fourth-order valence-corrected chi connectivity index (χ4v) is 2.62. The van der Waals surface area contributed by atoms with E-state index in [1.807, 2.05) is 11.8 Å². The van der Waals surface area contributed by atoms with Crippen molar-refractivity contribution in [1.82, 2.24) is 5.32 Å². The summed E-state index contributed by atoms with van der Waals surface area (Å²) in [5, 5.41) is 4.66. The Morgan fingerprint density at radius 1 is 1.50 bits per heavy atom. The van der Waals surface area contributed by atoms with Crippen molar-refractivity contribution in [3.63, 3.8) is 0 Å². The van der Waals surface area contributed by atoms with Crippen LogP contribution >= 0.6 is 11.8 Å². The SMILES string of the molecule is COCCCN=C1NC(C(C)(C)C)CCS1. The van der Waals surface area contributed by atoms with Crippen LogP contribution in [0.15, 0.2) is 4.99 Å². The number of aliphatic imine (C=N–C) groups is 1. The second-order valence-corrected chi connectivity index (χ2v) is 6.32. The summed E-state index contributed by atoms with van der Waals surface area (Å²) >= 11 is 1.84. The zero-order chi connectivity index (χ0) is 12.0. The molecule has 1 unspecified atom stereocenters. The van der Waals surface area contributed by atoms with Crippen LogP contribution in [0, 0.1) is 5.41 Å². The fraction of sp³-hybridized carbons (Fsp3) is 0.917. The van der Waals surface area contributed by atoms with Gasteiger partial charge in [0.05, 0.1) is 0 Å². The molecule has 0 aromatic rings. The van der Waals surface area contributed by atoms with Crippen molar-refractivity contribution in [2.24, 2.45) is 10.4 Å². The Labute approximate surface area is 103 Å². The summed E-state index contributed by atoms with van der Waals surface area (Å²) in [5.41, 5.74) is 0.314. The molecule has 94 valence electrons. The number of thioether (sulfide) groups is 1. The summed E-state index contributed by atoms with van der Waals surface area (Å²) in [7, 11) is 1.73. The molecule has 1 N–H and O–H groups in total. The van der Waals surface area contributed by atoms with Gasteiger partial charge in [-0.1, -0.05) is 32.5 Å². The van der Waals surface area contributed by atoms with E-state index in [-0.39, 0.29) is 0 Å². The zero-order valence-corrected chi connectivity index (χ0v) is 11.7. The number of methoxy groups -OCH3 is 1. The molecule has 0 amide bonds. The number of rotatable bonds is 4. The van der Waals surface area contributed by atoms with Crippen LogP contribution in [0.5, 0.6) is 0 Å². The molecule has 0 spiro atoms. The average molecular weight is 244 g/mol. The van der Waals surface area contributed by atoms with Gasteiger partial charge in [0.1, 0.15) is 0 Å². The standard InChI is InChI=1S/C12H24N2OS/c1-12(2,3)10-6-9-16-11(14-10)13-7-5-8-15-4/h10H,5-9H2,1-4H3,(H,13,14). The van der Waals surface area contributed by atoms with E-state index in [0.29, 0.717) is 11.5 Å². The summed E-state index contributed by atoms with van der Waals surface area (Å²) in [6.07, 6.45) is 2.23. The number of ether oxygens (including phenoxy) is 1. The lowest BCUT2D eigenvalue weighted by molar-refractivity contribution is 0.197. The first-order chi connectivity index (χ1) is 7.54. The van der Waals surface area contributed by atoms with Crippen LogP contribution in [-0.4, -0.2) is 37.2 Å². The Morgan fingerprint density at radius 3 is 2.88 bits per heavy atom. The number of hydrogen-bond donors (Lipinski definition) is 1. The Bertz CT molecular complexity index is 236. The topological polar surface area (TPSA) is 33.6 Å². The second-order valence-electron chi connectivity index (χ2n) is 5.23. The molecule has 0 aromatic heterocycles. The number of hydrogen-bond acceptors (Lipinski definition) is 3. The first-order valence-electron chi connectivity index (χ1n) is 5.97. The van der Waals surface area contributed by atoms with E-state index in [4.69, 9.17) is 4.74 Å². The highest BCUT2D eigenvalue weighted by molar-refractivity contribution is 8.13. The molecule has 0 aromatic carbocycles. The maximum Gasteiger partial charge on any atom is 0.156 e. The maximum absolute atomic E-state index is 5.01. The van der Waals surface area contributed by atoms with Crippen LogP contribution in [0.2, 0.25) is 0 Å². The fourth-order valence-electron chi connectivity index (χ4n) is 1.67. The molecule has 0 bridgehead atoms. The van der Waals surface area contributed by atoms with Crippen molar-refractivity contribution in [3.05, 3.63) is 0 Å². The van der Waals surface area contributed by atoms with Gasteiger partial charge >= 0.3 is 0 Å². The molecule has 1 aliphatic rings. The van der Waals surface area contributed by atoms with Crippen LogP contribution < -0.4 is 5.32 Å². The van der Waals surface area contributed by atoms with Crippen LogP contribution in [0.1, 0.15) is 33.6 Å². The van der Waals surface area contributed by atoms with Crippen LogP contribution in [0.3, 0.4) is 0 Å². The molecule has 16 heavy (non-hydrogen) atoms. The molecule has 1 fully saturated rings. The molecule has 1 rings (SSSR count). The third kappa shape index (κ3) is 4.74. The Hall–Kier alpha value is -0.220. The first-order valence-corrected chi connectivity index (χ1v) is 6.95. The Morgan fingerprint density at radius 2 is 2.25 bits per heavy atom. The molecule has 1 saturated heterocycles. The predicted molar refractivity (Wildman–Crippen MR) is 72.2 cm³/mol. The maximum atomic E-state index is 5.01. The van der Waals surface area contributed by atoms with Crippen molar-refractivity contribution in [3.8, 4) is 0 Å². The molecular weight excluding hydrogens is 220 g/mol. The highest BCUT2D eigenvalue weighted by Gasteiger charge is 2.28. The average Bonchev–Trinajstić information content (AvgIpc) is 2.24. The summed E-state index contributed by atoms with van der Waals surface area (Å²) in [5.74, 6) is 1.18. The van der Waals surface area contributed by atoms with Gasteiger partial charge < -0.3 is 10.1 Å². The molecule has 1 aliphatic heterocycles. The Kier molecular flexibility index (Phi) is 5.62. The quantitative estimate of drug-likeness (QED) is 0.772. The normalized spacial score (nSPS) is 24.5. The largest absolute Gasteiger partial charge is 0.385 e. The number of amidine groups is 1. The zero-order valence-electron chi connectivity index (χ0n) is 10.9. The molecule has 0 saturated carbocycles. The lowest BCUT2D eigenvalue weighted by atomic mass is 9.85. The summed E-state index contributed by atoms with van der Waals surface area (Å²) in [6.45, 7) is 8.50. The lowest BCUT2D eigenvalue weighted by Crippen LogP contribution is -2.46. The van der Waals surface area contributed by atoms with E-state index < -0.39 is 0 Å². The van der Waals surface area contributed by atoms with E-state index in [1.54, 1.807) is 7.11 Å². The summed E-state index contributed by atoms with van der Waals surface area (Å²) in [6, 6.07) is 0.551. The lowest BCUT2D eigenvalue weighted by Gasteiger charge is -2.35. The van der Waals surface area contributed by atoms with Crippen molar-refractivity contribution in [2.45, 2.75) is 39.7 Å². The molecule has 3 nitrogen and oxygen atoms in total. The van der Waals surface area contributed by atoms with Gasteiger partial charge in [0.2, 0.25) is 0 Å². The van der Waals surface area contributed by atoms with E-state index in [0.717, 1.165) is 24.7 Å². The van der Waals surface area contributed by atoms with Gasteiger partial charge in [-0.25, -0.2) is 0 Å². The van der Waals surface area contributed by atoms with Crippen molar-refractivity contribution in [1.29, 1.82) is 0 Å². The van der Waals surface area contributed by atoms with Crippen molar-refractivity contribution < 1.29 is 4.74 Å². The van der Waals surface area contributed by atoms with E-state index in [2.05, 4.69) is 31.1 Å². The van der Waals surface area contributed by atoms with Gasteiger partial charge in [0, 0.05) is 32.1 Å². The molecule has 1 atom stereocenters. The van der Waals surface area contributed by atoms with E-state index >= 15 is 0 Å². The minimum atomic E-state index is 0.314. The monoisotopic (exact) mass is 244 g/mol. The minimum Gasteiger partial charge on any atom is -0.385 e. The minimum absolute atomic E-state index is 0.314. The van der Waals surface area contributed by atoms with Gasteiger partial charge in [-0.2, -0.15) is 0 Å². The van der Waals surface area contributed by atoms with Crippen molar-refractivity contribution >= 4 is 16.9 Å². The summed E-state index contributed by atoms with van der Waals surface area (Å²) < 4.78 is 5.01. The number of nitrogens with zero attached hydrogens (tertiary/aromatic N) is 1. The van der Waals surface area contributed by atoms with Crippen LogP contribution in [0.4, 0.5) is 0 Å². The smallest absolute Gasteiger partial charge is 0.156 e. The number of nitrogens with one attached hydrogen (secondary N) is 1. The van der Waals surface area contributed by atoms with Crippen LogP contribution in [0.25, 0.3) is 0 Å². The van der Waals surface area contributed by atoms with Gasteiger partial charge in [0.15, 0.2) is 5.17 Å². The predicted octanol–water partition coefficient (Wildman–Crippen LogP) is 2.52. The molecule has 4 heteroatoms. The van der Waals surface area contributed by atoms with Gasteiger partial charge in [-0.3, -0.25) is 4.99 Å². The summed E-state index contributed by atoms with van der Waals surface area (Å²) in [4.78, 5) is 4.57. The first kappa shape index (κ1) is 13.8. The highest BCUT2D eigenvalue weighted by atomic mass is 32.2. The van der Waals surface area contributed by atoms with Gasteiger partial charge in [-0.15, -0.1) is 0 Å². The van der Waals surface area contributed by atoms with Gasteiger partial charge in [-0.05, 0) is 18.3 Å². The van der Waals surface area contributed by atoms with Crippen molar-refractivity contribution in [2.75, 3.05) is 26.0 Å². The van der Waals surface area contributed by atoms with Gasteiger partial charge in [0.25, 0.3) is 0 Å². The molecular formula is C12H24N2OS. The van der Waals surface area contributed by atoms with E-state index in [9.17, 15) is 0 Å². The molecule has 1 heterocycles. The molecule has 0 radical (unpaired) electrons. The highest BCUT2D eigenvalue weighted by Crippen LogP contribution is 2.27. The molecule has 0 aliphatic carbocycles. The Balaban J connectivity index is 2.38. The van der Waals surface area contributed by atoms with Crippen LogP contribution in [-0.2, 0) is 4.74 Å².